The second kappa shape index (κ2) is 3.65. The highest BCUT2D eigenvalue weighted by Gasteiger charge is 2.23. The van der Waals surface area contributed by atoms with Gasteiger partial charge >= 0.3 is 0 Å². The number of hydrogen-bond acceptors (Lipinski definition) is 1. The molecule has 0 saturated heterocycles. The third-order valence-corrected chi connectivity index (χ3v) is 2.51. The molecule has 0 radical (unpaired) electrons. The molecule has 0 amide bonds. The number of nitrogens with one attached hydrogen (secondary N) is 1. The summed E-state index contributed by atoms with van der Waals surface area (Å²) in [7, 11) is 0. The Kier molecular flexibility index (Phi) is 2.50. The molecule has 1 saturated carbocycles. The lowest BCUT2D eigenvalue weighted by Gasteiger charge is -2.13. The van der Waals surface area contributed by atoms with Crippen LogP contribution in [0.1, 0.15) is 31.4 Å². The minimum absolute atomic E-state index is 0.0950. The molecule has 1 atom stereocenters. The van der Waals surface area contributed by atoms with Crippen LogP contribution in [0.4, 0.5) is 8.78 Å². The third kappa shape index (κ3) is 2.10. The van der Waals surface area contributed by atoms with Gasteiger partial charge in [0, 0.05) is 12.1 Å². The van der Waals surface area contributed by atoms with E-state index in [1.807, 2.05) is 6.92 Å². The van der Waals surface area contributed by atoms with Crippen molar-refractivity contribution in [3.63, 3.8) is 0 Å². The van der Waals surface area contributed by atoms with Crippen LogP contribution in [0.5, 0.6) is 0 Å². The molecule has 2 rings (SSSR count). The molecule has 0 aliphatic heterocycles. The van der Waals surface area contributed by atoms with E-state index >= 15 is 0 Å². The van der Waals surface area contributed by atoms with Crippen LogP contribution >= 0.6 is 0 Å². The summed E-state index contributed by atoms with van der Waals surface area (Å²) in [6, 6.07) is 4.72. The largest absolute Gasteiger partial charge is 0.307 e. The molecule has 1 aromatic carbocycles. The van der Waals surface area contributed by atoms with Gasteiger partial charge in [0.05, 0.1) is 0 Å². The maximum Gasteiger partial charge on any atom is 0.159 e. The predicted octanol–water partition coefficient (Wildman–Crippen LogP) is 2.78. The first-order valence-corrected chi connectivity index (χ1v) is 4.88. The molecule has 1 aromatic rings. The Hall–Kier alpha value is -0.960. The minimum atomic E-state index is -0.785. The van der Waals surface area contributed by atoms with Crippen LogP contribution < -0.4 is 5.32 Å². The number of hydrogen-bond donors (Lipinski definition) is 1. The molecule has 0 aromatic heterocycles. The van der Waals surface area contributed by atoms with Gasteiger partial charge in [-0.15, -0.1) is 0 Å². The van der Waals surface area contributed by atoms with Crippen molar-refractivity contribution in [3.05, 3.63) is 35.4 Å². The third-order valence-electron chi connectivity index (χ3n) is 2.51. The summed E-state index contributed by atoms with van der Waals surface area (Å²) in [5.74, 6) is -1.56. The lowest BCUT2D eigenvalue weighted by Crippen LogP contribution is -2.20. The van der Waals surface area contributed by atoms with Crippen molar-refractivity contribution in [2.45, 2.75) is 31.8 Å². The monoisotopic (exact) mass is 197 g/mol. The molecule has 1 aliphatic carbocycles. The van der Waals surface area contributed by atoms with Gasteiger partial charge in [0.25, 0.3) is 0 Å². The maximum absolute atomic E-state index is 12.9. The SMILES string of the molecule is C[C@H](NC1CC1)c1ccc(F)c(F)c1. The van der Waals surface area contributed by atoms with E-state index in [-0.39, 0.29) is 6.04 Å². The number of benzene rings is 1. The molecule has 14 heavy (non-hydrogen) atoms. The zero-order valence-corrected chi connectivity index (χ0v) is 8.06. The Bertz CT molecular complexity index is 334. The van der Waals surface area contributed by atoms with E-state index in [2.05, 4.69) is 5.32 Å². The molecular weight excluding hydrogens is 184 g/mol. The first-order chi connectivity index (χ1) is 6.66. The second-order valence-electron chi connectivity index (χ2n) is 3.84. The van der Waals surface area contributed by atoms with Gasteiger partial charge in [0.15, 0.2) is 11.6 Å². The van der Waals surface area contributed by atoms with E-state index in [0.717, 1.165) is 5.56 Å². The molecule has 0 spiro atoms. The number of halogens is 2. The smallest absolute Gasteiger partial charge is 0.159 e. The summed E-state index contributed by atoms with van der Waals surface area (Å²) in [6.07, 6.45) is 2.38. The fourth-order valence-electron chi connectivity index (χ4n) is 1.48. The Morgan fingerprint density at radius 1 is 1.29 bits per heavy atom. The predicted molar refractivity (Wildman–Crippen MR) is 50.9 cm³/mol. The zero-order valence-electron chi connectivity index (χ0n) is 8.06. The van der Waals surface area contributed by atoms with Gasteiger partial charge in [-0.2, -0.15) is 0 Å². The van der Waals surface area contributed by atoms with Crippen molar-refractivity contribution < 1.29 is 8.78 Å². The van der Waals surface area contributed by atoms with Crippen LogP contribution in [0.2, 0.25) is 0 Å². The van der Waals surface area contributed by atoms with Crippen molar-refractivity contribution in [2.75, 3.05) is 0 Å². The van der Waals surface area contributed by atoms with Gasteiger partial charge < -0.3 is 5.32 Å². The van der Waals surface area contributed by atoms with Crippen molar-refractivity contribution >= 4 is 0 Å². The molecule has 1 aliphatic rings. The lowest BCUT2D eigenvalue weighted by molar-refractivity contribution is 0.500. The second-order valence-corrected chi connectivity index (χ2v) is 3.84. The Labute approximate surface area is 82.1 Å². The topological polar surface area (TPSA) is 12.0 Å². The molecule has 1 N–H and O–H groups in total. The maximum atomic E-state index is 12.9. The zero-order chi connectivity index (χ0) is 10.1. The molecule has 0 bridgehead atoms. The average molecular weight is 197 g/mol. The molecule has 0 unspecified atom stereocenters. The van der Waals surface area contributed by atoms with Crippen LogP contribution in [0.3, 0.4) is 0 Å². The van der Waals surface area contributed by atoms with E-state index in [1.165, 1.54) is 25.0 Å². The van der Waals surface area contributed by atoms with Gasteiger partial charge in [0.1, 0.15) is 0 Å². The standard InChI is InChI=1S/C11H13F2N/c1-7(14-9-3-4-9)8-2-5-10(12)11(13)6-8/h2,5-7,9,14H,3-4H2,1H3/t7-/m0/s1. The fourth-order valence-corrected chi connectivity index (χ4v) is 1.48. The van der Waals surface area contributed by atoms with Crippen LogP contribution in [-0.2, 0) is 0 Å². The summed E-state index contributed by atoms with van der Waals surface area (Å²) in [6.45, 7) is 1.96. The van der Waals surface area contributed by atoms with Gasteiger partial charge in [0.2, 0.25) is 0 Å². The van der Waals surface area contributed by atoms with Gasteiger partial charge in [-0.1, -0.05) is 6.07 Å². The average Bonchev–Trinajstić information content (AvgIpc) is 2.93. The summed E-state index contributed by atoms with van der Waals surface area (Å²) in [5.41, 5.74) is 0.802. The number of rotatable bonds is 3. The van der Waals surface area contributed by atoms with Crippen LogP contribution in [-0.4, -0.2) is 6.04 Å². The first-order valence-electron chi connectivity index (χ1n) is 4.88. The molecule has 76 valence electrons. The fraction of sp³-hybridized carbons (Fsp3) is 0.455. The van der Waals surface area contributed by atoms with Crippen molar-refractivity contribution in [1.82, 2.24) is 5.32 Å². The van der Waals surface area contributed by atoms with Crippen molar-refractivity contribution in [2.24, 2.45) is 0 Å². The van der Waals surface area contributed by atoms with Crippen LogP contribution in [0, 0.1) is 11.6 Å². The van der Waals surface area contributed by atoms with Crippen LogP contribution in [0.15, 0.2) is 18.2 Å². The summed E-state index contributed by atoms with van der Waals surface area (Å²) < 4.78 is 25.5. The minimum Gasteiger partial charge on any atom is -0.307 e. The van der Waals surface area contributed by atoms with Crippen LogP contribution in [0.25, 0.3) is 0 Å². The summed E-state index contributed by atoms with van der Waals surface area (Å²) >= 11 is 0. The van der Waals surface area contributed by atoms with Crippen molar-refractivity contribution in [1.29, 1.82) is 0 Å². The molecule has 1 nitrogen and oxygen atoms in total. The van der Waals surface area contributed by atoms with Gasteiger partial charge in [-0.3, -0.25) is 0 Å². The molecule has 3 heteroatoms. The summed E-state index contributed by atoms with van der Waals surface area (Å²) in [5, 5.41) is 3.33. The van der Waals surface area contributed by atoms with E-state index in [9.17, 15) is 8.78 Å². The molecule has 1 fully saturated rings. The normalized spacial score (nSPS) is 18.2. The quantitative estimate of drug-likeness (QED) is 0.785. The first kappa shape index (κ1) is 9.59. The molecule has 0 heterocycles. The lowest BCUT2D eigenvalue weighted by atomic mass is 10.1. The van der Waals surface area contributed by atoms with E-state index in [1.54, 1.807) is 6.07 Å². The van der Waals surface area contributed by atoms with E-state index < -0.39 is 11.6 Å². The van der Waals surface area contributed by atoms with E-state index in [4.69, 9.17) is 0 Å². The Morgan fingerprint density at radius 2 is 2.00 bits per heavy atom. The van der Waals surface area contributed by atoms with Gasteiger partial charge in [-0.25, -0.2) is 8.78 Å². The van der Waals surface area contributed by atoms with Crippen molar-refractivity contribution in [3.8, 4) is 0 Å². The molecular formula is C11H13F2N. The van der Waals surface area contributed by atoms with Gasteiger partial charge in [-0.05, 0) is 37.5 Å². The van der Waals surface area contributed by atoms with E-state index in [0.29, 0.717) is 6.04 Å². The Morgan fingerprint density at radius 3 is 2.57 bits per heavy atom. The highest BCUT2D eigenvalue weighted by atomic mass is 19.2. The Balaban J connectivity index is 2.10. The highest BCUT2D eigenvalue weighted by molar-refractivity contribution is 5.21. The summed E-state index contributed by atoms with van der Waals surface area (Å²) in [4.78, 5) is 0. The highest BCUT2D eigenvalue weighted by Crippen LogP contribution is 2.24.